The molecule has 0 aliphatic heterocycles. The van der Waals surface area contributed by atoms with Gasteiger partial charge in [0.1, 0.15) is 6.07 Å². The van der Waals surface area contributed by atoms with E-state index in [4.69, 9.17) is 5.26 Å². The number of nitrogens with zero attached hydrogens (tertiary/aromatic N) is 5. The van der Waals surface area contributed by atoms with E-state index in [1.807, 2.05) is 17.8 Å². The maximum atomic E-state index is 13.2. The molecule has 8 nitrogen and oxygen atoms in total. The summed E-state index contributed by atoms with van der Waals surface area (Å²) >= 11 is 1.91. The monoisotopic (exact) mass is 461 g/mol. The number of fused-ring (bicyclic) bond motifs is 1. The first-order chi connectivity index (χ1) is 16.1. The molecule has 1 amide bonds. The van der Waals surface area contributed by atoms with Gasteiger partial charge in [0.05, 0.1) is 23.0 Å². The van der Waals surface area contributed by atoms with E-state index in [1.165, 1.54) is 24.8 Å². The zero-order valence-corrected chi connectivity index (χ0v) is 19.4. The largest absolute Gasteiger partial charge is 0.382 e. The first-order valence-corrected chi connectivity index (χ1v) is 12.8. The smallest absolute Gasteiger partial charge is 0.255 e. The Hall–Kier alpha value is -3.12. The van der Waals surface area contributed by atoms with Crippen molar-refractivity contribution < 1.29 is 4.79 Å². The van der Waals surface area contributed by atoms with Gasteiger partial charge in [-0.2, -0.15) is 26.8 Å². The van der Waals surface area contributed by atoms with Crippen LogP contribution in [0.5, 0.6) is 0 Å². The molecule has 3 heterocycles. The molecule has 0 aromatic carbocycles. The van der Waals surface area contributed by atoms with Crippen LogP contribution in [0.1, 0.15) is 54.4 Å². The lowest BCUT2D eigenvalue weighted by atomic mass is 9.87. The van der Waals surface area contributed by atoms with Crippen LogP contribution in [0.4, 0.5) is 5.69 Å². The van der Waals surface area contributed by atoms with Crippen LogP contribution in [0, 0.1) is 17.2 Å². The second-order valence-corrected chi connectivity index (χ2v) is 9.87. The van der Waals surface area contributed by atoms with Crippen LogP contribution in [0.15, 0.2) is 30.7 Å². The fourth-order valence-electron chi connectivity index (χ4n) is 4.43. The predicted molar refractivity (Wildman–Crippen MR) is 130 cm³/mol. The topological polar surface area (TPSA) is 109 Å². The van der Waals surface area contributed by atoms with Gasteiger partial charge >= 0.3 is 0 Å². The average Bonchev–Trinajstić information content (AvgIpc) is 3.55. The van der Waals surface area contributed by atoms with Crippen molar-refractivity contribution in [3.05, 3.63) is 41.9 Å². The zero-order chi connectivity index (χ0) is 22.8. The number of nitrogens with one attached hydrogen (secondary N) is 2. The van der Waals surface area contributed by atoms with Gasteiger partial charge in [0.2, 0.25) is 0 Å². The molecule has 0 unspecified atom stereocenters. The summed E-state index contributed by atoms with van der Waals surface area (Å²) in [4.78, 5) is 22.1. The molecule has 2 saturated carbocycles. The molecule has 170 valence electrons. The van der Waals surface area contributed by atoms with Gasteiger partial charge in [-0.1, -0.05) is 0 Å². The number of carbonyl (C=O) groups is 1. The molecular weight excluding hydrogens is 434 g/mol. The van der Waals surface area contributed by atoms with E-state index in [2.05, 4.69) is 38.0 Å². The Labute approximate surface area is 197 Å². The number of hydrogen-bond donors (Lipinski definition) is 2. The Bertz CT molecular complexity index is 1210. The van der Waals surface area contributed by atoms with Crippen LogP contribution in [0.2, 0.25) is 0 Å². The van der Waals surface area contributed by atoms with Crippen LogP contribution >= 0.6 is 11.8 Å². The zero-order valence-electron chi connectivity index (χ0n) is 18.6. The third-order valence-electron chi connectivity index (χ3n) is 6.41. The molecular formula is C24H27N7OS. The molecule has 0 bridgehead atoms. The van der Waals surface area contributed by atoms with Gasteiger partial charge in [-0.05, 0) is 62.5 Å². The minimum Gasteiger partial charge on any atom is -0.382 e. The third kappa shape index (κ3) is 4.81. The number of carbonyl (C=O) groups excluding carboxylic acids is 1. The van der Waals surface area contributed by atoms with Crippen molar-refractivity contribution in [2.24, 2.45) is 5.92 Å². The lowest BCUT2D eigenvalue weighted by molar-refractivity contribution is 0.0923. The van der Waals surface area contributed by atoms with E-state index in [0.29, 0.717) is 28.6 Å². The number of anilines is 1. The van der Waals surface area contributed by atoms with Gasteiger partial charge in [0, 0.05) is 35.9 Å². The van der Waals surface area contributed by atoms with Gasteiger partial charge in [0.25, 0.3) is 5.91 Å². The molecule has 2 N–H and O–H groups in total. The quantitative estimate of drug-likeness (QED) is 0.549. The normalized spacial score (nSPS) is 20.4. The number of hydrogen-bond acceptors (Lipinski definition) is 7. The maximum Gasteiger partial charge on any atom is 0.255 e. The Kier molecular flexibility index (Phi) is 6.18. The van der Waals surface area contributed by atoms with E-state index < -0.39 is 0 Å². The first kappa shape index (κ1) is 21.7. The number of nitriles is 1. The molecule has 0 saturated heterocycles. The van der Waals surface area contributed by atoms with Crippen LogP contribution in [0.25, 0.3) is 16.9 Å². The van der Waals surface area contributed by atoms with Crippen LogP contribution in [-0.2, 0) is 0 Å². The maximum absolute atomic E-state index is 13.2. The van der Waals surface area contributed by atoms with Gasteiger partial charge in [-0.25, -0.2) is 9.97 Å². The van der Waals surface area contributed by atoms with Crippen molar-refractivity contribution in [3.63, 3.8) is 0 Å². The van der Waals surface area contributed by atoms with Gasteiger partial charge in [-0.3, -0.25) is 4.79 Å². The van der Waals surface area contributed by atoms with Crippen molar-refractivity contribution in [2.75, 3.05) is 17.3 Å². The number of amides is 1. The van der Waals surface area contributed by atoms with Gasteiger partial charge in [-0.15, -0.1) is 0 Å². The molecule has 2 aliphatic rings. The minimum absolute atomic E-state index is 0.0763. The number of rotatable bonds is 7. The lowest BCUT2D eigenvalue weighted by Gasteiger charge is -2.29. The summed E-state index contributed by atoms with van der Waals surface area (Å²) in [5.74, 6) is 2.48. The summed E-state index contributed by atoms with van der Waals surface area (Å²) in [5.41, 5.74) is 2.44. The van der Waals surface area contributed by atoms with E-state index in [-0.39, 0.29) is 11.9 Å². The summed E-state index contributed by atoms with van der Waals surface area (Å²) in [5, 5.41) is 21.0. The Morgan fingerprint density at radius 1 is 1.12 bits per heavy atom. The Balaban J connectivity index is 1.38. The molecule has 5 rings (SSSR count). The van der Waals surface area contributed by atoms with E-state index in [0.717, 1.165) is 42.7 Å². The van der Waals surface area contributed by atoms with E-state index in [1.54, 1.807) is 23.1 Å². The average molecular weight is 462 g/mol. The number of pyridine rings is 2. The van der Waals surface area contributed by atoms with Gasteiger partial charge in [0.15, 0.2) is 11.5 Å². The highest BCUT2D eigenvalue weighted by Crippen LogP contribution is 2.30. The molecule has 3 aromatic heterocycles. The second kappa shape index (κ2) is 9.40. The summed E-state index contributed by atoms with van der Waals surface area (Å²) in [6.45, 7) is 0. The Morgan fingerprint density at radius 3 is 2.64 bits per heavy atom. The molecule has 0 spiro atoms. The molecule has 0 radical (unpaired) electrons. The van der Waals surface area contributed by atoms with E-state index in [9.17, 15) is 4.79 Å². The predicted octanol–water partition coefficient (Wildman–Crippen LogP) is 3.91. The highest BCUT2D eigenvalue weighted by molar-refractivity contribution is 7.98. The molecule has 33 heavy (non-hydrogen) atoms. The van der Waals surface area contributed by atoms with Crippen LogP contribution < -0.4 is 10.6 Å². The second-order valence-electron chi connectivity index (χ2n) is 8.96. The van der Waals surface area contributed by atoms with Crippen molar-refractivity contribution in [1.29, 1.82) is 5.26 Å². The summed E-state index contributed by atoms with van der Waals surface area (Å²) in [6, 6.07) is 6.33. The molecule has 2 aliphatic carbocycles. The van der Waals surface area contributed by atoms with Crippen LogP contribution in [0.3, 0.4) is 0 Å². The minimum atomic E-state index is -0.0763. The highest BCUT2D eigenvalue weighted by atomic mass is 32.2. The lowest BCUT2D eigenvalue weighted by Crippen LogP contribution is -2.38. The molecule has 0 atom stereocenters. The third-order valence-corrected chi connectivity index (χ3v) is 7.21. The first-order valence-electron chi connectivity index (χ1n) is 11.4. The molecule has 2 fully saturated rings. The van der Waals surface area contributed by atoms with Crippen molar-refractivity contribution in [3.8, 4) is 11.9 Å². The highest BCUT2D eigenvalue weighted by Gasteiger charge is 2.27. The molecule has 9 heteroatoms. The fourth-order valence-corrected chi connectivity index (χ4v) is 5.24. The summed E-state index contributed by atoms with van der Waals surface area (Å²) in [6.07, 6.45) is 13.6. The van der Waals surface area contributed by atoms with Crippen molar-refractivity contribution >= 4 is 34.4 Å². The standard InChI is InChI=1S/C24H27N7OS/c1-33-14-15-2-4-19(5-3-15)30-24(32)20-13-26-22(9-21(20)29-18-6-7-18)31-23-17(12-28-31)8-16(10-25)11-27-23/h8-9,11-13,15,18-19H,2-7,14H2,1H3,(H,26,29)(H,30,32)/t15-,19-. The Morgan fingerprint density at radius 2 is 1.91 bits per heavy atom. The fraction of sp³-hybridized carbons (Fsp3) is 0.458. The summed E-state index contributed by atoms with van der Waals surface area (Å²) < 4.78 is 1.64. The number of aromatic nitrogens is 4. The SMILES string of the molecule is CSC[C@H]1CC[C@H](NC(=O)c2cnc(-n3ncc4cc(C#N)cnc43)cc2NC2CC2)CC1. The van der Waals surface area contributed by atoms with Crippen molar-refractivity contribution in [1.82, 2.24) is 25.1 Å². The van der Waals surface area contributed by atoms with Crippen molar-refractivity contribution in [2.45, 2.75) is 50.6 Å². The molecule has 3 aromatic rings. The van der Waals surface area contributed by atoms with E-state index >= 15 is 0 Å². The van der Waals surface area contributed by atoms with Crippen LogP contribution in [-0.4, -0.2) is 49.7 Å². The summed E-state index contributed by atoms with van der Waals surface area (Å²) in [7, 11) is 0. The number of thioether (sulfide) groups is 1. The van der Waals surface area contributed by atoms with Gasteiger partial charge < -0.3 is 10.6 Å².